The Morgan fingerprint density at radius 2 is 0.800 bits per heavy atom. The second kappa shape index (κ2) is 15.0. The Morgan fingerprint density at radius 3 is 1.45 bits per heavy atom. The van der Waals surface area contributed by atoms with Crippen LogP contribution in [0, 0.1) is 6.92 Å². The summed E-state index contributed by atoms with van der Waals surface area (Å²) in [7, 11) is 0. The summed E-state index contributed by atoms with van der Waals surface area (Å²) < 4.78 is 5.30. The fourth-order valence-corrected chi connectivity index (χ4v) is 12.9. The SMILES string of the molecule is Cc1ccc(C2(c3ccc(N(c4ccc(-c5ccc6sc7ccccc7c6c5)cc4)c4ccc(-c5cccc6c5sc5ccccc56)cc4)cc3)c3ccccc3-c3ccccc32)cc1. The van der Waals surface area contributed by atoms with E-state index in [4.69, 9.17) is 0 Å². The smallest absolute Gasteiger partial charge is 0.0713 e. The number of hydrogen-bond donors (Lipinski definition) is 0. The van der Waals surface area contributed by atoms with Gasteiger partial charge in [-0.2, -0.15) is 0 Å². The summed E-state index contributed by atoms with van der Waals surface area (Å²) in [6.45, 7) is 2.17. The minimum Gasteiger partial charge on any atom is -0.311 e. The van der Waals surface area contributed by atoms with E-state index in [0.717, 1.165) is 17.1 Å². The lowest BCUT2D eigenvalue weighted by Crippen LogP contribution is -2.28. The minimum atomic E-state index is -0.462. The number of hydrogen-bond acceptors (Lipinski definition) is 3. The average Bonchev–Trinajstić information content (AvgIpc) is 4.04. The zero-order valence-corrected chi connectivity index (χ0v) is 37.3. The number of nitrogens with zero attached hydrogens (tertiary/aromatic N) is 1. The van der Waals surface area contributed by atoms with E-state index in [0.29, 0.717) is 0 Å². The Hall–Kier alpha value is -7.56. The highest BCUT2D eigenvalue weighted by Gasteiger charge is 2.45. The van der Waals surface area contributed by atoms with Crippen molar-refractivity contribution in [3.63, 3.8) is 0 Å². The fraction of sp³-hybridized carbons (Fsp3) is 0.0323. The third-order valence-electron chi connectivity index (χ3n) is 13.7. The summed E-state index contributed by atoms with van der Waals surface area (Å²) in [5, 5.41) is 5.27. The van der Waals surface area contributed by atoms with Crippen molar-refractivity contribution in [3.05, 3.63) is 258 Å². The first-order valence-electron chi connectivity index (χ1n) is 22.3. The molecule has 1 aliphatic carbocycles. The Bertz CT molecular complexity index is 3720. The van der Waals surface area contributed by atoms with Crippen LogP contribution in [0.1, 0.15) is 27.8 Å². The van der Waals surface area contributed by atoms with Crippen LogP contribution in [0.15, 0.2) is 231 Å². The largest absolute Gasteiger partial charge is 0.311 e. The second-order valence-corrected chi connectivity index (χ2v) is 19.4. The summed E-state index contributed by atoms with van der Waals surface area (Å²) in [6.07, 6.45) is 0. The zero-order valence-electron chi connectivity index (χ0n) is 35.7. The van der Waals surface area contributed by atoms with E-state index >= 15 is 0 Å². The highest BCUT2D eigenvalue weighted by atomic mass is 32.1. The van der Waals surface area contributed by atoms with Crippen LogP contribution < -0.4 is 4.90 Å². The molecular weight excluding hydrogens is 823 g/mol. The van der Waals surface area contributed by atoms with Crippen molar-refractivity contribution in [2.75, 3.05) is 4.90 Å². The van der Waals surface area contributed by atoms with Gasteiger partial charge in [0, 0.05) is 57.4 Å². The molecular formula is C62H41NS2. The summed E-state index contributed by atoms with van der Waals surface area (Å²) in [5.74, 6) is 0. The number of benzene rings is 10. The van der Waals surface area contributed by atoms with Gasteiger partial charge in [-0.05, 0) is 123 Å². The molecule has 0 bridgehead atoms. The van der Waals surface area contributed by atoms with E-state index in [1.807, 2.05) is 22.7 Å². The molecule has 0 saturated heterocycles. The molecule has 0 atom stereocenters. The Morgan fingerprint density at radius 1 is 0.338 bits per heavy atom. The van der Waals surface area contributed by atoms with Crippen LogP contribution in [0.4, 0.5) is 17.1 Å². The van der Waals surface area contributed by atoms with E-state index in [-0.39, 0.29) is 0 Å². The number of rotatable bonds is 7. The molecule has 0 unspecified atom stereocenters. The first-order chi connectivity index (χ1) is 32.1. The maximum absolute atomic E-state index is 2.40. The maximum atomic E-state index is 2.40. The van der Waals surface area contributed by atoms with Gasteiger partial charge in [-0.25, -0.2) is 0 Å². The maximum Gasteiger partial charge on any atom is 0.0713 e. The predicted molar refractivity (Wildman–Crippen MR) is 280 cm³/mol. The van der Waals surface area contributed by atoms with Crippen LogP contribution in [-0.2, 0) is 5.41 Å². The first kappa shape index (κ1) is 37.9. The molecule has 12 aromatic rings. The molecule has 10 aromatic carbocycles. The fourth-order valence-electron chi connectivity index (χ4n) is 10.6. The van der Waals surface area contributed by atoms with E-state index in [1.165, 1.54) is 102 Å². The van der Waals surface area contributed by atoms with Crippen molar-refractivity contribution in [3.8, 4) is 33.4 Å². The molecule has 13 rings (SSSR count). The van der Waals surface area contributed by atoms with Gasteiger partial charge in [0.05, 0.1) is 5.41 Å². The highest BCUT2D eigenvalue weighted by molar-refractivity contribution is 7.26. The molecule has 0 amide bonds. The van der Waals surface area contributed by atoms with E-state index in [9.17, 15) is 0 Å². The van der Waals surface area contributed by atoms with Gasteiger partial charge in [0.25, 0.3) is 0 Å². The van der Waals surface area contributed by atoms with Gasteiger partial charge >= 0.3 is 0 Å². The molecule has 2 heterocycles. The lowest BCUT2D eigenvalue weighted by molar-refractivity contribution is 0.768. The van der Waals surface area contributed by atoms with Gasteiger partial charge in [0.1, 0.15) is 0 Å². The Labute approximate surface area is 386 Å². The van der Waals surface area contributed by atoms with Crippen LogP contribution in [0.2, 0.25) is 0 Å². The number of anilines is 3. The Kier molecular flexibility index (Phi) is 8.77. The molecule has 1 aliphatic rings. The summed E-state index contributed by atoms with van der Waals surface area (Å²) >= 11 is 3.74. The molecule has 0 fully saturated rings. The van der Waals surface area contributed by atoms with Crippen molar-refractivity contribution >= 4 is 80.1 Å². The van der Waals surface area contributed by atoms with E-state index < -0.39 is 5.41 Å². The normalized spacial score (nSPS) is 12.8. The van der Waals surface area contributed by atoms with Crippen molar-refractivity contribution in [1.29, 1.82) is 0 Å². The van der Waals surface area contributed by atoms with E-state index in [2.05, 4.69) is 242 Å². The topological polar surface area (TPSA) is 3.24 Å². The van der Waals surface area contributed by atoms with Crippen molar-refractivity contribution in [2.45, 2.75) is 12.3 Å². The second-order valence-electron chi connectivity index (χ2n) is 17.3. The number of fused-ring (bicyclic) bond motifs is 9. The van der Waals surface area contributed by atoms with Crippen LogP contribution in [0.25, 0.3) is 73.7 Å². The van der Waals surface area contributed by atoms with Gasteiger partial charge < -0.3 is 4.90 Å². The average molecular weight is 864 g/mol. The lowest BCUT2D eigenvalue weighted by atomic mass is 9.67. The molecule has 2 aromatic heterocycles. The quantitative estimate of drug-likeness (QED) is 0.154. The van der Waals surface area contributed by atoms with Gasteiger partial charge in [0.15, 0.2) is 0 Å². The van der Waals surface area contributed by atoms with Gasteiger partial charge in [-0.3, -0.25) is 0 Å². The van der Waals surface area contributed by atoms with Crippen LogP contribution in [-0.4, -0.2) is 0 Å². The summed E-state index contributed by atoms with van der Waals surface area (Å²) in [6, 6.07) is 85.9. The molecule has 0 spiro atoms. The standard InChI is InChI=1S/C62H41NS2/c1-40-21-28-44(29-22-40)62(56-17-6-2-11-50(56)51-12-3-7-18-57(51)62)45-30-36-48(37-31-45)63(46-32-23-41(24-33-46)43-27-38-60-55(39-43)53-14-5-8-19-58(53)64-60)47-34-25-42(26-35-47)49-15-10-16-54-52-13-4-9-20-59(52)65-61(49)54/h2-39H,1H3. The molecule has 0 saturated carbocycles. The monoisotopic (exact) mass is 863 g/mol. The number of aryl methyl sites for hydroxylation is 1. The molecule has 306 valence electrons. The minimum absolute atomic E-state index is 0.462. The Balaban J connectivity index is 0.941. The lowest BCUT2D eigenvalue weighted by Gasteiger charge is -2.34. The van der Waals surface area contributed by atoms with Crippen LogP contribution in [0.5, 0.6) is 0 Å². The third-order valence-corrected chi connectivity index (χ3v) is 16.0. The van der Waals surface area contributed by atoms with Crippen LogP contribution in [0.3, 0.4) is 0 Å². The van der Waals surface area contributed by atoms with Crippen LogP contribution >= 0.6 is 22.7 Å². The summed E-state index contributed by atoms with van der Waals surface area (Å²) in [5.41, 5.74) is 16.8. The van der Waals surface area contributed by atoms with Gasteiger partial charge in [-0.15, -0.1) is 22.7 Å². The van der Waals surface area contributed by atoms with Crippen molar-refractivity contribution in [2.24, 2.45) is 0 Å². The van der Waals surface area contributed by atoms with Crippen molar-refractivity contribution < 1.29 is 0 Å². The number of thiophene rings is 2. The molecule has 0 N–H and O–H groups in total. The molecule has 0 aliphatic heterocycles. The predicted octanol–water partition coefficient (Wildman–Crippen LogP) is 17.9. The molecule has 3 heteroatoms. The highest BCUT2D eigenvalue weighted by Crippen LogP contribution is 2.56. The van der Waals surface area contributed by atoms with Gasteiger partial charge in [-0.1, -0.05) is 175 Å². The van der Waals surface area contributed by atoms with Gasteiger partial charge in [0.2, 0.25) is 0 Å². The van der Waals surface area contributed by atoms with Crippen molar-refractivity contribution in [1.82, 2.24) is 0 Å². The third kappa shape index (κ3) is 5.97. The molecule has 0 radical (unpaired) electrons. The molecule has 65 heavy (non-hydrogen) atoms. The zero-order chi connectivity index (χ0) is 43.1. The first-order valence-corrected chi connectivity index (χ1v) is 23.9. The summed E-state index contributed by atoms with van der Waals surface area (Å²) in [4.78, 5) is 2.40. The van der Waals surface area contributed by atoms with E-state index in [1.54, 1.807) is 0 Å². The molecule has 1 nitrogen and oxygen atoms in total.